The largest absolute Gasteiger partial charge is 0.328 e. The Hall–Kier alpha value is -1.52. The van der Waals surface area contributed by atoms with Crippen LogP contribution in [0.1, 0.15) is 64.1 Å². The van der Waals surface area contributed by atoms with Crippen LogP contribution in [-0.4, -0.2) is 40.5 Å². The quantitative estimate of drug-likeness (QED) is 0.863. The van der Waals surface area contributed by atoms with Gasteiger partial charge in [-0.05, 0) is 31.6 Å². The first-order valence-corrected chi connectivity index (χ1v) is 9.38. The molecule has 0 spiro atoms. The van der Waals surface area contributed by atoms with E-state index < -0.39 is 0 Å². The normalized spacial score (nSPS) is 20.3. The molecule has 1 aromatic rings. The molecule has 0 aromatic carbocycles. The Bertz CT molecular complexity index is 507. The monoisotopic (exact) mass is 318 g/mol. The fourth-order valence-electron chi connectivity index (χ4n) is 3.82. The Balaban J connectivity index is 1.61. The van der Waals surface area contributed by atoms with E-state index in [1.807, 2.05) is 11.1 Å². The van der Waals surface area contributed by atoms with Crippen LogP contribution in [-0.2, 0) is 6.42 Å². The number of rotatable bonds is 6. The van der Waals surface area contributed by atoms with Gasteiger partial charge in [-0.2, -0.15) is 0 Å². The number of aryl methyl sites for hydroxylation is 1. The average molecular weight is 318 g/mol. The molecular weight excluding hydrogens is 288 g/mol. The minimum Gasteiger partial charge on any atom is -0.328 e. The van der Waals surface area contributed by atoms with Crippen molar-refractivity contribution in [3.05, 3.63) is 12.0 Å². The smallest absolute Gasteiger partial charge is 0.325 e. The lowest BCUT2D eigenvalue weighted by Crippen LogP contribution is -2.51. The number of anilines is 1. The summed E-state index contributed by atoms with van der Waals surface area (Å²) in [6, 6.07) is 0.160. The maximum absolute atomic E-state index is 12.8. The van der Waals surface area contributed by atoms with Crippen molar-refractivity contribution in [2.75, 3.05) is 24.5 Å². The molecule has 2 fully saturated rings. The summed E-state index contributed by atoms with van der Waals surface area (Å²) >= 11 is 0. The number of nitrogens with zero attached hydrogens (tertiary/aromatic N) is 3. The van der Waals surface area contributed by atoms with Crippen LogP contribution in [0.25, 0.3) is 0 Å². The van der Waals surface area contributed by atoms with E-state index in [1.165, 1.54) is 32.1 Å². The van der Waals surface area contributed by atoms with Gasteiger partial charge in [-0.1, -0.05) is 32.6 Å². The molecule has 1 aliphatic heterocycles. The number of carbonyl (C=O) groups excluding carboxylic acids is 1. The molecule has 3 rings (SSSR count). The number of aromatic amines is 1. The highest BCUT2D eigenvalue weighted by Crippen LogP contribution is 2.26. The zero-order valence-corrected chi connectivity index (χ0v) is 14.4. The molecule has 5 nitrogen and oxygen atoms in total. The molecule has 2 amide bonds. The highest BCUT2D eigenvalue weighted by molar-refractivity contribution is 5.91. The molecular formula is C18H30N4O. The van der Waals surface area contributed by atoms with Crippen molar-refractivity contribution in [3.63, 3.8) is 0 Å². The molecule has 1 aromatic heterocycles. The first-order valence-electron chi connectivity index (χ1n) is 9.38. The lowest BCUT2D eigenvalue weighted by Gasteiger charge is -2.37. The maximum atomic E-state index is 12.8. The highest BCUT2D eigenvalue weighted by atomic mass is 16.2. The summed E-state index contributed by atoms with van der Waals surface area (Å²) in [6.45, 7) is 4.82. The van der Waals surface area contributed by atoms with Crippen molar-refractivity contribution in [3.8, 4) is 0 Å². The van der Waals surface area contributed by atoms with E-state index in [1.54, 1.807) is 0 Å². The van der Waals surface area contributed by atoms with E-state index in [2.05, 4.69) is 21.8 Å². The first-order chi connectivity index (χ1) is 11.3. The van der Waals surface area contributed by atoms with Crippen LogP contribution in [0.15, 0.2) is 6.20 Å². The molecule has 2 aliphatic rings. The SMILES string of the molecule is CCCCc1ncc(N2CCCN(CC3CCCCC3)C2=O)[nH]1. The van der Waals surface area contributed by atoms with E-state index >= 15 is 0 Å². The predicted octanol–water partition coefficient (Wildman–Crippen LogP) is 3.96. The number of H-pyrrole nitrogens is 1. The molecule has 5 heteroatoms. The summed E-state index contributed by atoms with van der Waals surface area (Å²) < 4.78 is 0. The van der Waals surface area contributed by atoms with E-state index in [9.17, 15) is 4.79 Å². The second kappa shape index (κ2) is 7.84. The van der Waals surface area contributed by atoms with E-state index in [-0.39, 0.29) is 6.03 Å². The van der Waals surface area contributed by atoms with Gasteiger partial charge >= 0.3 is 6.03 Å². The molecule has 1 saturated heterocycles. The van der Waals surface area contributed by atoms with Gasteiger partial charge in [0.1, 0.15) is 11.6 Å². The van der Waals surface area contributed by atoms with Crippen molar-refractivity contribution in [2.45, 2.75) is 64.7 Å². The van der Waals surface area contributed by atoms with Crippen LogP contribution in [0.3, 0.4) is 0 Å². The fraction of sp³-hybridized carbons (Fsp3) is 0.778. The molecule has 128 valence electrons. The number of nitrogens with one attached hydrogen (secondary N) is 1. The lowest BCUT2D eigenvalue weighted by molar-refractivity contribution is 0.174. The third-order valence-electron chi connectivity index (χ3n) is 5.19. The molecule has 0 radical (unpaired) electrons. The fourth-order valence-corrected chi connectivity index (χ4v) is 3.82. The minimum absolute atomic E-state index is 0.160. The van der Waals surface area contributed by atoms with Gasteiger partial charge in [-0.25, -0.2) is 9.78 Å². The number of unbranched alkanes of at least 4 members (excludes halogenated alkanes) is 1. The molecule has 0 atom stereocenters. The zero-order valence-electron chi connectivity index (χ0n) is 14.4. The average Bonchev–Trinajstić information content (AvgIpc) is 3.04. The highest BCUT2D eigenvalue weighted by Gasteiger charge is 2.29. The van der Waals surface area contributed by atoms with Crippen molar-refractivity contribution < 1.29 is 4.79 Å². The summed E-state index contributed by atoms with van der Waals surface area (Å²) in [5, 5.41) is 0. The lowest BCUT2D eigenvalue weighted by atomic mass is 9.89. The summed E-state index contributed by atoms with van der Waals surface area (Å²) in [6.07, 6.45) is 12.7. The van der Waals surface area contributed by atoms with Gasteiger partial charge in [0.15, 0.2) is 0 Å². The zero-order chi connectivity index (χ0) is 16.1. The maximum Gasteiger partial charge on any atom is 0.325 e. The Morgan fingerprint density at radius 1 is 1.22 bits per heavy atom. The second-order valence-corrected chi connectivity index (χ2v) is 7.06. The number of carbonyl (C=O) groups is 1. The molecule has 0 bridgehead atoms. The standard InChI is InChI=1S/C18H30N4O/c1-2-3-10-16-19-13-17(20-16)22-12-7-11-21(18(22)23)14-15-8-5-4-6-9-15/h13,15H,2-12,14H2,1H3,(H,19,20). The van der Waals surface area contributed by atoms with E-state index in [0.717, 1.165) is 57.0 Å². The van der Waals surface area contributed by atoms with Gasteiger partial charge < -0.3 is 9.88 Å². The Labute approximate surface area is 139 Å². The predicted molar refractivity (Wildman–Crippen MR) is 92.7 cm³/mol. The van der Waals surface area contributed by atoms with E-state index in [4.69, 9.17) is 0 Å². The van der Waals surface area contributed by atoms with Gasteiger partial charge in [0, 0.05) is 26.1 Å². The molecule has 1 aliphatic carbocycles. The van der Waals surface area contributed by atoms with E-state index in [0.29, 0.717) is 5.92 Å². The Morgan fingerprint density at radius 3 is 2.83 bits per heavy atom. The topological polar surface area (TPSA) is 52.2 Å². The number of aromatic nitrogens is 2. The van der Waals surface area contributed by atoms with Crippen LogP contribution >= 0.6 is 0 Å². The third kappa shape index (κ3) is 4.06. The first kappa shape index (κ1) is 16.3. The number of hydrogen-bond acceptors (Lipinski definition) is 2. The van der Waals surface area contributed by atoms with Crippen LogP contribution in [0.4, 0.5) is 10.6 Å². The van der Waals surface area contributed by atoms with Crippen molar-refractivity contribution in [1.29, 1.82) is 0 Å². The van der Waals surface area contributed by atoms with Crippen molar-refractivity contribution in [2.24, 2.45) is 5.92 Å². The van der Waals surface area contributed by atoms with Crippen LogP contribution < -0.4 is 4.90 Å². The number of imidazole rings is 1. The second-order valence-electron chi connectivity index (χ2n) is 7.06. The molecule has 1 N–H and O–H groups in total. The van der Waals surface area contributed by atoms with Crippen LogP contribution in [0, 0.1) is 5.92 Å². The number of urea groups is 1. The van der Waals surface area contributed by atoms with Gasteiger partial charge in [-0.3, -0.25) is 4.90 Å². The van der Waals surface area contributed by atoms with Gasteiger partial charge in [0.05, 0.1) is 6.20 Å². The van der Waals surface area contributed by atoms with Crippen molar-refractivity contribution >= 4 is 11.8 Å². The van der Waals surface area contributed by atoms with Crippen molar-refractivity contribution in [1.82, 2.24) is 14.9 Å². The number of hydrogen-bond donors (Lipinski definition) is 1. The Kier molecular flexibility index (Phi) is 5.57. The summed E-state index contributed by atoms with van der Waals surface area (Å²) in [5.74, 6) is 2.57. The summed E-state index contributed by atoms with van der Waals surface area (Å²) in [5.41, 5.74) is 0. The molecule has 0 unspecified atom stereocenters. The number of amides is 2. The van der Waals surface area contributed by atoms with Crippen LogP contribution in [0.5, 0.6) is 0 Å². The minimum atomic E-state index is 0.160. The van der Waals surface area contributed by atoms with Gasteiger partial charge in [-0.15, -0.1) is 0 Å². The van der Waals surface area contributed by atoms with Gasteiger partial charge in [0.2, 0.25) is 0 Å². The van der Waals surface area contributed by atoms with Gasteiger partial charge in [0.25, 0.3) is 0 Å². The molecule has 2 heterocycles. The summed E-state index contributed by atoms with van der Waals surface area (Å²) in [7, 11) is 0. The molecule has 1 saturated carbocycles. The Morgan fingerprint density at radius 2 is 2.04 bits per heavy atom. The summed E-state index contributed by atoms with van der Waals surface area (Å²) in [4.78, 5) is 24.5. The molecule has 23 heavy (non-hydrogen) atoms. The third-order valence-corrected chi connectivity index (χ3v) is 5.19. The van der Waals surface area contributed by atoms with Crippen LogP contribution in [0.2, 0.25) is 0 Å².